The Bertz CT molecular complexity index is 401. The molecule has 0 saturated heterocycles. The number of amidine groups is 1. The Kier molecular flexibility index (Phi) is 1.80. The lowest BCUT2D eigenvalue weighted by molar-refractivity contribution is 0.563. The van der Waals surface area contributed by atoms with Crippen LogP contribution in [-0.2, 0) is 11.8 Å². The molecule has 0 spiro atoms. The molecule has 2 heterocycles. The molecular weight excluding hydrogens is 176 g/mol. The van der Waals surface area contributed by atoms with Crippen molar-refractivity contribution in [1.29, 1.82) is 0 Å². The van der Waals surface area contributed by atoms with Crippen LogP contribution < -0.4 is 5.73 Å². The van der Waals surface area contributed by atoms with Gasteiger partial charge in [0.25, 0.3) is 0 Å². The molecule has 0 saturated carbocycles. The van der Waals surface area contributed by atoms with Crippen molar-refractivity contribution in [3.05, 3.63) is 17.6 Å². The highest BCUT2D eigenvalue weighted by molar-refractivity contribution is 5.89. The second-order valence-electron chi connectivity index (χ2n) is 4.56. The van der Waals surface area contributed by atoms with Gasteiger partial charge in [0.2, 0.25) is 0 Å². The molecule has 0 bridgehead atoms. The third kappa shape index (κ3) is 1.47. The molecule has 2 rings (SSSR count). The zero-order chi connectivity index (χ0) is 10.3. The molecule has 74 valence electrons. The Hall–Kier alpha value is -1.45. The Balaban J connectivity index is 2.42. The van der Waals surface area contributed by atoms with E-state index in [2.05, 4.69) is 35.7 Å². The minimum atomic E-state index is 0.0272. The topological polar surface area (TPSA) is 64.2 Å². The maximum atomic E-state index is 5.61. The van der Waals surface area contributed by atoms with Gasteiger partial charge in [-0.1, -0.05) is 20.8 Å². The van der Waals surface area contributed by atoms with Crippen LogP contribution in [-0.4, -0.2) is 15.8 Å². The summed E-state index contributed by atoms with van der Waals surface area (Å²) in [6, 6.07) is 0. The number of nitrogens with two attached hydrogens (primary N) is 1. The van der Waals surface area contributed by atoms with Crippen molar-refractivity contribution in [3.8, 4) is 0 Å². The molecule has 0 amide bonds. The first-order valence-corrected chi connectivity index (χ1v) is 4.66. The lowest BCUT2D eigenvalue weighted by Gasteiger charge is -2.17. The van der Waals surface area contributed by atoms with E-state index in [-0.39, 0.29) is 5.41 Å². The molecule has 4 heteroatoms. The maximum Gasteiger partial charge on any atom is 0.176 e. The largest absolute Gasteiger partial charge is 0.387 e. The van der Waals surface area contributed by atoms with Gasteiger partial charge in [0.05, 0.1) is 24.0 Å². The van der Waals surface area contributed by atoms with Crippen LogP contribution in [0.5, 0.6) is 0 Å². The number of rotatable bonds is 0. The van der Waals surface area contributed by atoms with E-state index in [1.165, 1.54) is 0 Å². The van der Waals surface area contributed by atoms with Crippen molar-refractivity contribution in [2.24, 2.45) is 10.7 Å². The molecule has 1 aliphatic rings. The van der Waals surface area contributed by atoms with Gasteiger partial charge in [0.15, 0.2) is 5.82 Å². The lowest BCUT2D eigenvalue weighted by Crippen LogP contribution is -2.16. The molecule has 1 aromatic rings. The standard InChI is InChI=1S/C10H14N4/c1-10(2,3)7-5-12-9-6(13-7)4-8(11)14-9/h5H,4H2,1-3H3,(H2,11,12,14). The minimum absolute atomic E-state index is 0.0272. The fraction of sp³-hybridized carbons (Fsp3) is 0.500. The molecule has 1 aliphatic heterocycles. The van der Waals surface area contributed by atoms with Gasteiger partial charge in [-0.15, -0.1) is 0 Å². The Labute approximate surface area is 83.3 Å². The van der Waals surface area contributed by atoms with Crippen molar-refractivity contribution in [2.45, 2.75) is 32.6 Å². The molecule has 2 N–H and O–H groups in total. The van der Waals surface area contributed by atoms with Gasteiger partial charge >= 0.3 is 0 Å². The van der Waals surface area contributed by atoms with Gasteiger partial charge in [-0.2, -0.15) is 0 Å². The van der Waals surface area contributed by atoms with Crippen molar-refractivity contribution >= 4 is 11.7 Å². The van der Waals surface area contributed by atoms with Gasteiger partial charge < -0.3 is 5.73 Å². The molecule has 0 atom stereocenters. The van der Waals surface area contributed by atoms with Crippen LogP contribution in [0.15, 0.2) is 11.2 Å². The Morgan fingerprint density at radius 3 is 2.71 bits per heavy atom. The predicted octanol–water partition coefficient (Wildman–Crippen LogP) is 1.32. The first kappa shape index (κ1) is 9.12. The van der Waals surface area contributed by atoms with Crippen LogP contribution in [0.25, 0.3) is 0 Å². The average molecular weight is 190 g/mol. The zero-order valence-electron chi connectivity index (χ0n) is 8.70. The summed E-state index contributed by atoms with van der Waals surface area (Å²) in [5, 5.41) is 0. The molecule has 14 heavy (non-hydrogen) atoms. The highest BCUT2D eigenvalue weighted by Crippen LogP contribution is 2.25. The summed E-state index contributed by atoms with van der Waals surface area (Å²) in [7, 11) is 0. The quantitative estimate of drug-likeness (QED) is 0.671. The van der Waals surface area contributed by atoms with E-state index in [1.807, 2.05) is 0 Å². The van der Waals surface area contributed by atoms with Crippen LogP contribution in [0, 0.1) is 0 Å². The Morgan fingerprint density at radius 1 is 1.36 bits per heavy atom. The van der Waals surface area contributed by atoms with Crippen LogP contribution in [0.1, 0.15) is 32.2 Å². The summed E-state index contributed by atoms with van der Waals surface area (Å²) in [6.07, 6.45) is 2.41. The summed E-state index contributed by atoms with van der Waals surface area (Å²) in [4.78, 5) is 12.9. The maximum absolute atomic E-state index is 5.61. The van der Waals surface area contributed by atoms with Gasteiger partial charge in [0.1, 0.15) is 5.84 Å². The fourth-order valence-corrected chi connectivity index (χ4v) is 1.34. The third-order valence-electron chi connectivity index (χ3n) is 2.19. The number of fused-ring (bicyclic) bond motifs is 1. The van der Waals surface area contributed by atoms with Crippen molar-refractivity contribution in [3.63, 3.8) is 0 Å². The predicted molar refractivity (Wildman–Crippen MR) is 55.7 cm³/mol. The summed E-state index contributed by atoms with van der Waals surface area (Å²) < 4.78 is 0. The van der Waals surface area contributed by atoms with Crippen LogP contribution in [0.4, 0.5) is 5.82 Å². The minimum Gasteiger partial charge on any atom is -0.387 e. The van der Waals surface area contributed by atoms with E-state index in [9.17, 15) is 0 Å². The molecule has 0 aromatic carbocycles. The molecule has 1 aromatic heterocycles. The zero-order valence-corrected chi connectivity index (χ0v) is 8.70. The highest BCUT2D eigenvalue weighted by Gasteiger charge is 2.21. The Morgan fingerprint density at radius 2 is 2.07 bits per heavy atom. The summed E-state index contributed by atoms with van der Waals surface area (Å²) >= 11 is 0. The van der Waals surface area contributed by atoms with Crippen LogP contribution >= 0.6 is 0 Å². The van der Waals surface area contributed by atoms with Crippen molar-refractivity contribution < 1.29 is 0 Å². The number of hydrogen-bond acceptors (Lipinski definition) is 4. The normalized spacial score (nSPS) is 15.2. The third-order valence-corrected chi connectivity index (χ3v) is 2.19. The van der Waals surface area contributed by atoms with Crippen molar-refractivity contribution in [1.82, 2.24) is 9.97 Å². The van der Waals surface area contributed by atoms with Gasteiger partial charge in [-0.3, -0.25) is 4.98 Å². The van der Waals surface area contributed by atoms with Gasteiger partial charge in [-0.25, -0.2) is 9.98 Å². The number of hydrogen-bond donors (Lipinski definition) is 1. The van der Waals surface area contributed by atoms with E-state index < -0.39 is 0 Å². The van der Waals surface area contributed by atoms with Gasteiger partial charge in [0, 0.05) is 5.41 Å². The van der Waals surface area contributed by atoms with E-state index >= 15 is 0 Å². The number of nitrogens with zero attached hydrogens (tertiary/aromatic N) is 3. The lowest BCUT2D eigenvalue weighted by atomic mass is 9.92. The number of aromatic nitrogens is 2. The highest BCUT2D eigenvalue weighted by atomic mass is 15.0. The monoisotopic (exact) mass is 190 g/mol. The van der Waals surface area contributed by atoms with Gasteiger partial charge in [-0.05, 0) is 0 Å². The average Bonchev–Trinajstić information content (AvgIpc) is 2.41. The molecular formula is C10H14N4. The van der Waals surface area contributed by atoms with E-state index in [1.54, 1.807) is 6.20 Å². The molecule has 0 aliphatic carbocycles. The summed E-state index contributed by atoms with van der Waals surface area (Å²) in [6.45, 7) is 6.34. The second kappa shape index (κ2) is 2.77. The SMILES string of the molecule is CC(C)(C)c1cnc2c(n1)CC(N)=N2. The van der Waals surface area contributed by atoms with Crippen molar-refractivity contribution in [2.75, 3.05) is 0 Å². The molecule has 0 fully saturated rings. The van der Waals surface area contributed by atoms with Crippen LogP contribution in [0.2, 0.25) is 0 Å². The molecule has 0 radical (unpaired) electrons. The number of aliphatic imine (C=N–C) groups is 1. The first-order chi connectivity index (χ1) is 6.47. The second-order valence-corrected chi connectivity index (χ2v) is 4.56. The summed E-state index contributed by atoms with van der Waals surface area (Å²) in [5.41, 5.74) is 7.53. The summed E-state index contributed by atoms with van der Waals surface area (Å²) in [5.74, 6) is 1.28. The van der Waals surface area contributed by atoms with E-state index in [0.717, 1.165) is 11.4 Å². The van der Waals surface area contributed by atoms with Crippen LogP contribution in [0.3, 0.4) is 0 Å². The van der Waals surface area contributed by atoms with E-state index in [4.69, 9.17) is 5.73 Å². The molecule has 4 nitrogen and oxygen atoms in total. The van der Waals surface area contributed by atoms with E-state index in [0.29, 0.717) is 18.1 Å². The molecule has 0 unspecified atom stereocenters. The fourth-order valence-electron chi connectivity index (χ4n) is 1.34. The smallest absolute Gasteiger partial charge is 0.176 e. The first-order valence-electron chi connectivity index (χ1n) is 4.66.